The van der Waals surface area contributed by atoms with Gasteiger partial charge in [-0.25, -0.2) is 0 Å². The van der Waals surface area contributed by atoms with Crippen LogP contribution in [0.5, 0.6) is 0 Å². The quantitative estimate of drug-likeness (QED) is 0.179. The molecular formula is C6H3N3O5S. The van der Waals surface area contributed by atoms with Crippen molar-refractivity contribution in [2.45, 2.75) is 0 Å². The Labute approximate surface area is 83.3 Å². The van der Waals surface area contributed by atoms with Gasteiger partial charge in [0.15, 0.2) is 4.91 Å². The second-order valence-corrected chi connectivity index (χ2v) is 3.76. The van der Waals surface area contributed by atoms with E-state index in [1.807, 2.05) is 0 Å². The zero-order chi connectivity index (χ0) is 11.6. The Morgan fingerprint density at radius 3 is 2.40 bits per heavy atom. The van der Waals surface area contributed by atoms with Crippen LogP contribution in [-0.4, -0.2) is 24.5 Å². The van der Waals surface area contributed by atoms with E-state index in [1.165, 1.54) is 0 Å². The number of hydrogen-bond donors (Lipinski definition) is 1. The maximum absolute atomic E-state index is 11.1. The van der Waals surface area contributed by atoms with E-state index in [4.69, 9.17) is 10.1 Å². The molecule has 0 amide bonds. The van der Waals surface area contributed by atoms with Crippen molar-refractivity contribution in [1.82, 2.24) is 0 Å². The van der Waals surface area contributed by atoms with Gasteiger partial charge < -0.3 is 0 Å². The molecule has 0 bridgehead atoms. The second kappa shape index (κ2) is 3.65. The predicted octanol–water partition coefficient (Wildman–Crippen LogP) is 0.104. The molecule has 9 heteroatoms. The summed E-state index contributed by atoms with van der Waals surface area (Å²) in [5.41, 5.74) is 7.46. The summed E-state index contributed by atoms with van der Waals surface area (Å²) in [7, 11) is -4.89. The highest BCUT2D eigenvalue weighted by Gasteiger charge is 2.32. The molecule has 1 rings (SSSR count). The first-order valence-corrected chi connectivity index (χ1v) is 4.85. The number of azide groups is 1. The molecule has 0 saturated heterocycles. The predicted molar refractivity (Wildman–Crippen MR) is 46.9 cm³/mol. The molecular weight excluding hydrogens is 226 g/mol. The van der Waals surface area contributed by atoms with Crippen LogP contribution < -0.4 is 0 Å². The summed E-state index contributed by atoms with van der Waals surface area (Å²) in [4.78, 5) is 23.0. The van der Waals surface area contributed by atoms with E-state index < -0.39 is 32.3 Å². The number of Topliss-reactive ketones (excluding diaryl/α,β-unsaturated/α-hetero) is 1. The van der Waals surface area contributed by atoms with Gasteiger partial charge in [0.05, 0.1) is 5.70 Å². The molecule has 0 radical (unpaired) electrons. The van der Waals surface area contributed by atoms with Gasteiger partial charge in [-0.2, -0.15) is 8.42 Å². The van der Waals surface area contributed by atoms with Gasteiger partial charge in [0.1, 0.15) is 0 Å². The van der Waals surface area contributed by atoms with Gasteiger partial charge in [0.2, 0.25) is 11.6 Å². The Morgan fingerprint density at radius 2 is 1.93 bits per heavy atom. The Kier molecular flexibility index (Phi) is 2.71. The lowest BCUT2D eigenvalue weighted by molar-refractivity contribution is -0.131. The summed E-state index contributed by atoms with van der Waals surface area (Å²) in [6.45, 7) is 0. The molecule has 1 aliphatic carbocycles. The Morgan fingerprint density at radius 1 is 1.33 bits per heavy atom. The summed E-state index contributed by atoms with van der Waals surface area (Å²) >= 11 is 0. The van der Waals surface area contributed by atoms with Crippen LogP contribution in [0.15, 0.2) is 27.9 Å². The number of hydrogen-bond acceptors (Lipinski definition) is 5. The van der Waals surface area contributed by atoms with Crippen molar-refractivity contribution in [2.24, 2.45) is 5.11 Å². The first-order valence-electron chi connectivity index (χ1n) is 3.41. The number of allylic oxidation sites excluding steroid dienone is 3. The van der Waals surface area contributed by atoms with Crippen LogP contribution in [0.25, 0.3) is 10.4 Å². The van der Waals surface area contributed by atoms with Crippen molar-refractivity contribution >= 4 is 21.7 Å². The van der Waals surface area contributed by atoms with Crippen molar-refractivity contribution in [2.75, 3.05) is 0 Å². The fraction of sp³-hybridized carbons (Fsp3) is 0. The van der Waals surface area contributed by atoms with E-state index in [9.17, 15) is 18.0 Å². The molecule has 0 saturated carbocycles. The zero-order valence-electron chi connectivity index (χ0n) is 6.98. The molecule has 8 nitrogen and oxygen atoms in total. The molecule has 0 aliphatic heterocycles. The van der Waals surface area contributed by atoms with Crippen molar-refractivity contribution < 1.29 is 22.6 Å². The molecule has 1 aliphatic rings. The average molecular weight is 229 g/mol. The molecule has 0 unspecified atom stereocenters. The SMILES string of the molecule is [N-]=[N+]=NC1=C(S(=O)(=O)O)C(=O)C(=O)C=C1. The van der Waals surface area contributed by atoms with Crippen LogP contribution >= 0.6 is 0 Å². The maximum Gasteiger partial charge on any atom is 0.299 e. The van der Waals surface area contributed by atoms with Crippen molar-refractivity contribution in [3.8, 4) is 0 Å². The van der Waals surface area contributed by atoms with E-state index in [2.05, 4.69) is 10.0 Å². The number of nitrogens with zero attached hydrogens (tertiary/aromatic N) is 3. The third-order valence-electron chi connectivity index (χ3n) is 1.47. The highest BCUT2D eigenvalue weighted by Crippen LogP contribution is 2.19. The number of carbonyl (C=O) groups excluding carboxylic acids is 2. The molecule has 78 valence electrons. The number of rotatable bonds is 2. The molecule has 0 aromatic rings. The van der Waals surface area contributed by atoms with Gasteiger partial charge in [-0.15, -0.1) is 0 Å². The normalized spacial score (nSPS) is 16.6. The van der Waals surface area contributed by atoms with Crippen molar-refractivity contribution in [3.63, 3.8) is 0 Å². The molecule has 15 heavy (non-hydrogen) atoms. The van der Waals surface area contributed by atoms with Crippen LogP contribution in [0.4, 0.5) is 0 Å². The highest BCUT2D eigenvalue weighted by atomic mass is 32.2. The van der Waals surface area contributed by atoms with Crippen molar-refractivity contribution in [1.29, 1.82) is 0 Å². The van der Waals surface area contributed by atoms with E-state index in [0.717, 1.165) is 12.2 Å². The maximum atomic E-state index is 11.1. The highest BCUT2D eigenvalue weighted by molar-refractivity contribution is 7.91. The first-order chi connectivity index (χ1) is 6.88. The average Bonchev–Trinajstić information content (AvgIpc) is 2.10. The van der Waals surface area contributed by atoms with E-state index >= 15 is 0 Å². The summed E-state index contributed by atoms with van der Waals surface area (Å²) in [5.74, 6) is -2.54. The van der Waals surface area contributed by atoms with Crippen LogP contribution in [0.2, 0.25) is 0 Å². The molecule has 0 atom stereocenters. The van der Waals surface area contributed by atoms with Gasteiger partial charge in [-0.1, -0.05) is 5.11 Å². The Balaban J connectivity index is 3.57. The van der Waals surface area contributed by atoms with Crippen LogP contribution in [0.3, 0.4) is 0 Å². The smallest absolute Gasteiger partial charge is 0.286 e. The fourth-order valence-electron chi connectivity index (χ4n) is 0.910. The lowest BCUT2D eigenvalue weighted by atomic mass is 10.1. The molecule has 0 aromatic heterocycles. The van der Waals surface area contributed by atoms with Gasteiger partial charge in [0, 0.05) is 4.91 Å². The monoisotopic (exact) mass is 229 g/mol. The summed E-state index contributed by atoms with van der Waals surface area (Å²) in [6.07, 6.45) is 1.59. The Bertz CT molecular complexity index is 549. The van der Waals surface area contributed by atoms with Gasteiger partial charge in [-0.3, -0.25) is 14.1 Å². The third kappa shape index (κ3) is 2.10. The lowest BCUT2D eigenvalue weighted by Crippen LogP contribution is -2.23. The molecule has 1 N–H and O–H groups in total. The minimum atomic E-state index is -4.89. The van der Waals surface area contributed by atoms with Gasteiger partial charge in [0.25, 0.3) is 10.1 Å². The van der Waals surface area contributed by atoms with Crippen LogP contribution in [-0.2, 0) is 19.7 Å². The van der Waals surface area contributed by atoms with Crippen molar-refractivity contribution in [3.05, 3.63) is 33.2 Å². The Hall–Kier alpha value is -1.96. The third-order valence-corrected chi connectivity index (χ3v) is 2.38. The molecule has 0 aromatic carbocycles. The number of ketones is 2. The van der Waals surface area contributed by atoms with Gasteiger partial charge >= 0.3 is 0 Å². The summed E-state index contributed by atoms with van der Waals surface area (Å²) in [6, 6.07) is 0. The fourth-order valence-corrected chi connectivity index (χ4v) is 1.62. The lowest BCUT2D eigenvalue weighted by Gasteiger charge is -2.06. The van der Waals surface area contributed by atoms with Crippen LogP contribution in [0, 0.1) is 0 Å². The van der Waals surface area contributed by atoms with E-state index in [-0.39, 0.29) is 0 Å². The topological polar surface area (TPSA) is 137 Å². The largest absolute Gasteiger partial charge is 0.299 e. The molecule has 0 heterocycles. The van der Waals surface area contributed by atoms with E-state index in [0.29, 0.717) is 0 Å². The standard InChI is InChI=1S/C6H3N3O5S/c7-9-8-3-1-2-4(10)5(11)6(3)15(12,13)14/h1-2H,(H,12,13,14). The summed E-state index contributed by atoms with van der Waals surface area (Å²) in [5, 5.41) is 2.88. The first kappa shape index (κ1) is 11.1. The molecule has 0 spiro atoms. The minimum absolute atomic E-state index is 0.607. The van der Waals surface area contributed by atoms with Gasteiger partial charge in [-0.05, 0) is 17.7 Å². The minimum Gasteiger partial charge on any atom is -0.286 e. The molecule has 0 fully saturated rings. The number of carbonyl (C=O) groups is 2. The van der Waals surface area contributed by atoms with Crippen LogP contribution in [0.1, 0.15) is 0 Å². The second-order valence-electron chi connectivity index (χ2n) is 2.41. The zero-order valence-corrected chi connectivity index (χ0v) is 7.80. The summed E-state index contributed by atoms with van der Waals surface area (Å²) < 4.78 is 30.1. The van der Waals surface area contributed by atoms with E-state index in [1.54, 1.807) is 0 Å².